The van der Waals surface area contributed by atoms with Gasteiger partial charge in [0.25, 0.3) is 0 Å². The van der Waals surface area contributed by atoms with Crippen LogP contribution in [0.2, 0.25) is 5.02 Å². The summed E-state index contributed by atoms with van der Waals surface area (Å²) in [6.45, 7) is 5.04. The second kappa shape index (κ2) is 6.33. The summed E-state index contributed by atoms with van der Waals surface area (Å²) in [5.41, 5.74) is 0. The van der Waals surface area contributed by atoms with Crippen molar-refractivity contribution in [1.29, 1.82) is 0 Å². The predicted octanol–water partition coefficient (Wildman–Crippen LogP) is 4.31. The maximum absolute atomic E-state index is 5.78. The first-order valence-corrected chi connectivity index (χ1v) is 6.24. The van der Waals surface area contributed by atoms with Crippen LogP contribution in [0, 0.1) is 5.92 Å². The molecular weight excluding hydrogens is 277 g/mol. The molecule has 84 valence electrons. The Balaban J connectivity index is 2.50. The number of rotatable bonds is 5. The van der Waals surface area contributed by atoms with Crippen molar-refractivity contribution in [2.24, 2.45) is 5.92 Å². The summed E-state index contributed by atoms with van der Waals surface area (Å²) in [7, 11) is 0. The third-order valence-electron chi connectivity index (χ3n) is 2.06. The summed E-state index contributed by atoms with van der Waals surface area (Å²) < 4.78 is 6.39. The minimum Gasteiger partial charge on any atom is -0.477 e. The summed E-state index contributed by atoms with van der Waals surface area (Å²) in [5, 5.41) is 0.607. The molecule has 0 aliphatic rings. The van der Waals surface area contributed by atoms with E-state index in [1.165, 1.54) is 12.8 Å². The molecule has 1 rings (SSSR count). The third-order valence-corrected chi connectivity index (χ3v) is 2.83. The molecule has 2 nitrogen and oxygen atoms in total. The van der Waals surface area contributed by atoms with Crippen LogP contribution in [0.5, 0.6) is 5.88 Å². The van der Waals surface area contributed by atoms with E-state index in [9.17, 15) is 0 Å². The van der Waals surface area contributed by atoms with Crippen LogP contribution < -0.4 is 4.74 Å². The predicted molar refractivity (Wildman–Crippen MR) is 66.5 cm³/mol. The van der Waals surface area contributed by atoms with E-state index >= 15 is 0 Å². The fraction of sp³-hybridized carbons (Fsp3) is 0.545. The minimum atomic E-state index is 0.555. The molecule has 4 heteroatoms. The molecule has 15 heavy (non-hydrogen) atoms. The fourth-order valence-electron chi connectivity index (χ4n) is 1.31. The van der Waals surface area contributed by atoms with Gasteiger partial charge < -0.3 is 4.74 Å². The number of nitrogens with zero attached hydrogens (tertiary/aromatic N) is 1. The highest BCUT2D eigenvalue weighted by Gasteiger charge is 2.06. The Bertz CT molecular complexity index is 319. The van der Waals surface area contributed by atoms with Crippen molar-refractivity contribution >= 4 is 27.5 Å². The standard InChI is InChI=1S/C11H15BrClNO/c1-3-4-8(2)7-15-11-10(12)5-9(13)6-14-11/h5-6,8H,3-4,7H2,1-2H3. The molecule has 0 fully saturated rings. The molecule has 0 aromatic carbocycles. The first-order chi connectivity index (χ1) is 7.13. The summed E-state index contributed by atoms with van der Waals surface area (Å²) in [6.07, 6.45) is 3.94. The van der Waals surface area contributed by atoms with E-state index in [0.29, 0.717) is 23.4 Å². The highest BCUT2D eigenvalue weighted by Crippen LogP contribution is 2.25. The zero-order chi connectivity index (χ0) is 11.3. The highest BCUT2D eigenvalue weighted by atomic mass is 79.9. The molecule has 1 atom stereocenters. The van der Waals surface area contributed by atoms with Crippen LogP contribution in [0.1, 0.15) is 26.7 Å². The largest absolute Gasteiger partial charge is 0.477 e. The Kier molecular flexibility index (Phi) is 5.40. The van der Waals surface area contributed by atoms with Gasteiger partial charge in [0.2, 0.25) is 5.88 Å². The van der Waals surface area contributed by atoms with E-state index in [2.05, 4.69) is 34.8 Å². The molecule has 1 aromatic rings. The van der Waals surface area contributed by atoms with E-state index < -0.39 is 0 Å². The van der Waals surface area contributed by atoms with Crippen LogP contribution in [0.15, 0.2) is 16.7 Å². The van der Waals surface area contributed by atoms with Gasteiger partial charge >= 0.3 is 0 Å². The second-order valence-electron chi connectivity index (χ2n) is 3.65. The van der Waals surface area contributed by atoms with Gasteiger partial charge in [-0.05, 0) is 34.3 Å². The smallest absolute Gasteiger partial charge is 0.228 e. The van der Waals surface area contributed by atoms with Crippen molar-refractivity contribution < 1.29 is 4.74 Å². The molecule has 0 radical (unpaired) electrons. The SMILES string of the molecule is CCCC(C)COc1ncc(Cl)cc1Br. The van der Waals surface area contributed by atoms with Crippen LogP contribution in [-0.4, -0.2) is 11.6 Å². The molecule has 0 aliphatic heterocycles. The Morgan fingerprint density at radius 2 is 2.33 bits per heavy atom. The average molecular weight is 293 g/mol. The quantitative estimate of drug-likeness (QED) is 0.806. The van der Waals surface area contributed by atoms with Gasteiger partial charge in [-0.25, -0.2) is 4.98 Å². The number of hydrogen-bond acceptors (Lipinski definition) is 2. The monoisotopic (exact) mass is 291 g/mol. The first kappa shape index (κ1) is 12.8. The van der Waals surface area contributed by atoms with Gasteiger partial charge in [-0.2, -0.15) is 0 Å². The molecule has 1 aromatic heterocycles. The summed E-state index contributed by atoms with van der Waals surface area (Å²) >= 11 is 9.15. The van der Waals surface area contributed by atoms with Crippen LogP contribution in [0.25, 0.3) is 0 Å². The van der Waals surface area contributed by atoms with Crippen molar-refractivity contribution in [2.45, 2.75) is 26.7 Å². The Morgan fingerprint density at radius 1 is 1.60 bits per heavy atom. The van der Waals surface area contributed by atoms with Crippen LogP contribution in [0.3, 0.4) is 0 Å². The summed E-state index contributed by atoms with van der Waals surface area (Å²) in [4.78, 5) is 4.11. The van der Waals surface area contributed by atoms with Gasteiger partial charge in [0.15, 0.2) is 0 Å². The van der Waals surface area contributed by atoms with Gasteiger partial charge in [-0.1, -0.05) is 31.9 Å². The summed E-state index contributed by atoms with van der Waals surface area (Å²) in [5.74, 6) is 1.17. The first-order valence-electron chi connectivity index (χ1n) is 5.07. The third kappa shape index (κ3) is 4.39. The maximum atomic E-state index is 5.78. The molecular formula is C11H15BrClNO. The summed E-state index contributed by atoms with van der Waals surface area (Å²) in [6, 6.07) is 1.79. The maximum Gasteiger partial charge on any atom is 0.228 e. The van der Waals surface area contributed by atoms with Crippen molar-refractivity contribution in [3.63, 3.8) is 0 Å². The van der Waals surface area contributed by atoms with Crippen molar-refractivity contribution in [2.75, 3.05) is 6.61 Å². The van der Waals surface area contributed by atoms with Crippen molar-refractivity contribution in [3.05, 3.63) is 21.8 Å². The van der Waals surface area contributed by atoms with Gasteiger partial charge in [0.1, 0.15) is 0 Å². The molecule has 0 N–H and O–H groups in total. The zero-order valence-corrected chi connectivity index (χ0v) is 11.3. The number of halogens is 2. The Hall–Kier alpha value is -0.280. The molecule has 0 spiro atoms. The number of hydrogen-bond donors (Lipinski definition) is 0. The average Bonchev–Trinajstić information content (AvgIpc) is 2.17. The van der Waals surface area contributed by atoms with Gasteiger partial charge in [-0.3, -0.25) is 0 Å². The number of ether oxygens (including phenoxy) is 1. The molecule has 0 saturated heterocycles. The van der Waals surface area contributed by atoms with E-state index in [4.69, 9.17) is 16.3 Å². The molecule has 0 bridgehead atoms. The molecule has 0 saturated carbocycles. The fourth-order valence-corrected chi connectivity index (χ4v) is 2.06. The zero-order valence-electron chi connectivity index (χ0n) is 8.96. The lowest BCUT2D eigenvalue weighted by molar-refractivity contribution is 0.241. The molecule has 0 aliphatic carbocycles. The second-order valence-corrected chi connectivity index (χ2v) is 4.94. The van der Waals surface area contributed by atoms with Gasteiger partial charge in [0.05, 0.1) is 16.1 Å². The van der Waals surface area contributed by atoms with Crippen LogP contribution in [0.4, 0.5) is 0 Å². The van der Waals surface area contributed by atoms with Gasteiger partial charge in [0, 0.05) is 6.20 Å². The lowest BCUT2D eigenvalue weighted by Gasteiger charge is -2.12. The van der Waals surface area contributed by atoms with Crippen LogP contribution >= 0.6 is 27.5 Å². The van der Waals surface area contributed by atoms with E-state index in [1.54, 1.807) is 12.3 Å². The topological polar surface area (TPSA) is 22.1 Å². The van der Waals surface area contributed by atoms with Gasteiger partial charge in [-0.15, -0.1) is 0 Å². The normalized spacial score (nSPS) is 12.5. The number of aromatic nitrogens is 1. The lowest BCUT2D eigenvalue weighted by Crippen LogP contribution is -2.09. The molecule has 1 heterocycles. The van der Waals surface area contributed by atoms with Crippen LogP contribution in [-0.2, 0) is 0 Å². The highest BCUT2D eigenvalue weighted by molar-refractivity contribution is 9.10. The molecule has 1 unspecified atom stereocenters. The molecule has 0 amide bonds. The van der Waals surface area contributed by atoms with Crippen molar-refractivity contribution in [1.82, 2.24) is 4.98 Å². The minimum absolute atomic E-state index is 0.555. The number of pyridine rings is 1. The Labute approximate surface area is 104 Å². The van der Waals surface area contributed by atoms with E-state index in [1.807, 2.05) is 0 Å². The Morgan fingerprint density at radius 3 is 2.93 bits per heavy atom. The van der Waals surface area contributed by atoms with Crippen molar-refractivity contribution in [3.8, 4) is 5.88 Å². The van der Waals surface area contributed by atoms with E-state index in [-0.39, 0.29) is 0 Å². The lowest BCUT2D eigenvalue weighted by atomic mass is 10.1. The van der Waals surface area contributed by atoms with E-state index in [0.717, 1.165) is 4.47 Å².